The first-order valence-electron chi connectivity index (χ1n) is 6.66. The van der Waals surface area contributed by atoms with Gasteiger partial charge in [0.2, 0.25) is 9.84 Å². The molecule has 0 atom stereocenters. The predicted molar refractivity (Wildman–Crippen MR) is 81.2 cm³/mol. The molecule has 0 heterocycles. The Kier molecular flexibility index (Phi) is 4.80. The van der Waals surface area contributed by atoms with Crippen LogP contribution in [0.4, 0.5) is 0 Å². The number of aromatic hydroxyl groups is 2. The third kappa shape index (κ3) is 3.40. The number of carbonyl (C=O) groups is 2. The van der Waals surface area contributed by atoms with Gasteiger partial charge in [0, 0.05) is 12.8 Å². The van der Waals surface area contributed by atoms with Crippen LogP contribution in [0.3, 0.4) is 0 Å². The zero-order valence-corrected chi connectivity index (χ0v) is 12.8. The lowest BCUT2D eigenvalue weighted by Crippen LogP contribution is -2.09. The van der Waals surface area contributed by atoms with E-state index in [9.17, 15) is 28.2 Å². The van der Waals surface area contributed by atoms with Crippen LogP contribution in [-0.4, -0.2) is 31.2 Å². The van der Waals surface area contributed by atoms with Crippen LogP contribution < -0.4 is 0 Å². The summed E-state index contributed by atoms with van der Waals surface area (Å²) < 4.78 is 25.7. The van der Waals surface area contributed by atoms with Gasteiger partial charge in [0.05, 0.1) is 9.79 Å². The quantitative estimate of drug-likeness (QED) is 0.773. The van der Waals surface area contributed by atoms with Crippen LogP contribution in [0, 0.1) is 0 Å². The van der Waals surface area contributed by atoms with E-state index in [2.05, 4.69) is 0 Å². The summed E-state index contributed by atoms with van der Waals surface area (Å²) in [5, 5.41) is 19.0. The third-order valence-electron chi connectivity index (χ3n) is 3.27. The molecule has 2 aromatic carbocycles. The highest BCUT2D eigenvalue weighted by Crippen LogP contribution is 2.30. The van der Waals surface area contributed by atoms with E-state index in [4.69, 9.17) is 0 Å². The standard InChI is InChI=1S/C16H14O6S/c17-7-5-11-9-13(19)1-3-15(11)23(21,22)16-4-2-14(20)10-12(16)6-8-18/h1-4,7-10,19-20H,5-6H2. The zero-order valence-electron chi connectivity index (χ0n) is 12.0. The van der Waals surface area contributed by atoms with Gasteiger partial charge in [0.1, 0.15) is 24.1 Å². The Balaban J connectivity index is 2.68. The lowest BCUT2D eigenvalue weighted by atomic mass is 10.1. The molecule has 6 nitrogen and oxygen atoms in total. The molecule has 0 fully saturated rings. The fraction of sp³-hybridized carbons (Fsp3) is 0.125. The van der Waals surface area contributed by atoms with Gasteiger partial charge in [0.25, 0.3) is 0 Å². The van der Waals surface area contributed by atoms with Crippen molar-refractivity contribution in [3.63, 3.8) is 0 Å². The van der Waals surface area contributed by atoms with Crippen molar-refractivity contribution < 1.29 is 28.2 Å². The number of phenols is 2. The van der Waals surface area contributed by atoms with E-state index >= 15 is 0 Å². The lowest BCUT2D eigenvalue weighted by Gasteiger charge is -2.12. The first-order chi connectivity index (χ1) is 10.9. The van der Waals surface area contributed by atoms with Gasteiger partial charge in [-0.15, -0.1) is 0 Å². The molecule has 0 saturated carbocycles. The number of hydrogen-bond acceptors (Lipinski definition) is 6. The number of hydrogen-bond donors (Lipinski definition) is 2. The fourth-order valence-corrected chi connectivity index (χ4v) is 3.98. The summed E-state index contributed by atoms with van der Waals surface area (Å²) in [4.78, 5) is 21.3. The second kappa shape index (κ2) is 6.62. The summed E-state index contributed by atoms with van der Waals surface area (Å²) in [5.74, 6) is -0.306. The molecule has 7 heteroatoms. The van der Waals surface area contributed by atoms with Crippen molar-refractivity contribution in [2.75, 3.05) is 0 Å². The Bertz CT molecular complexity index is 789. The molecule has 2 rings (SSSR count). The van der Waals surface area contributed by atoms with E-state index in [0.717, 1.165) is 0 Å². The predicted octanol–water partition coefficient (Wildman–Crippen LogP) is 1.41. The van der Waals surface area contributed by atoms with Crippen LogP contribution in [0.15, 0.2) is 46.2 Å². The highest BCUT2D eigenvalue weighted by molar-refractivity contribution is 7.91. The molecular formula is C16H14O6S. The van der Waals surface area contributed by atoms with Crippen molar-refractivity contribution in [2.45, 2.75) is 22.6 Å². The van der Waals surface area contributed by atoms with Gasteiger partial charge < -0.3 is 19.8 Å². The topological polar surface area (TPSA) is 109 Å². The molecule has 0 aromatic heterocycles. The van der Waals surface area contributed by atoms with Crippen LogP contribution in [0.25, 0.3) is 0 Å². The minimum Gasteiger partial charge on any atom is -0.508 e. The summed E-state index contributed by atoms with van der Waals surface area (Å²) in [6, 6.07) is 7.26. The molecule has 0 aliphatic carbocycles. The molecule has 23 heavy (non-hydrogen) atoms. The monoisotopic (exact) mass is 334 g/mol. The largest absolute Gasteiger partial charge is 0.508 e. The molecule has 0 aliphatic heterocycles. The van der Waals surface area contributed by atoms with Gasteiger partial charge in [-0.1, -0.05) is 0 Å². The number of phenolic OH excluding ortho intramolecular Hbond substituents is 2. The Morgan fingerprint density at radius 2 is 1.17 bits per heavy atom. The Labute approximate surface area is 132 Å². The van der Waals surface area contributed by atoms with Crippen molar-refractivity contribution in [1.29, 1.82) is 0 Å². The van der Waals surface area contributed by atoms with E-state index in [1.807, 2.05) is 0 Å². The molecular weight excluding hydrogens is 320 g/mol. The Morgan fingerprint density at radius 3 is 1.52 bits per heavy atom. The van der Waals surface area contributed by atoms with Crippen molar-refractivity contribution in [2.24, 2.45) is 0 Å². The maximum Gasteiger partial charge on any atom is 0.207 e. The second-order valence-corrected chi connectivity index (χ2v) is 6.72. The van der Waals surface area contributed by atoms with Gasteiger partial charge in [-0.05, 0) is 47.5 Å². The molecule has 120 valence electrons. The minimum absolute atomic E-state index is 0.125. The highest BCUT2D eigenvalue weighted by Gasteiger charge is 2.24. The maximum atomic E-state index is 12.9. The number of aldehydes is 2. The molecule has 0 amide bonds. The van der Waals surface area contributed by atoms with Crippen molar-refractivity contribution in [3.8, 4) is 11.5 Å². The smallest absolute Gasteiger partial charge is 0.207 e. The third-order valence-corrected chi connectivity index (χ3v) is 5.23. The number of carbonyl (C=O) groups excluding carboxylic acids is 2. The van der Waals surface area contributed by atoms with E-state index in [1.165, 1.54) is 36.4 Å². The minimum atomic E-state index is -4.02. The van der Waals surface area contributed by atoms with Crippen molar-refractivity contribution in [1.82, 2.24) is 0 Å². The number of sulfone groups is 1. The summed E-state index contributed by atoms with van der Waals surface area (Å²) in [6.07, 6.45) is 0.724. The molecule has 0 spiro atoms. The average Bonchev–Trinajstić information content (AvgIpc) is 2.47. The maximum absolute atomic E-state index is 12.9. The van der Waals surface area contributed by atoms with Gasteiger partial charge in [-0.3, -0.25) is 0 Å². The van der Waals surface area contributed by atoms with Crippen LogP contribution in [0.2, 0.25) is 0 Å². The SMILES string of the molecule is O=CCc1cc(O)ccc1S(=O)(=O)c1ccc(O)cc1CC=O. The van der Waals surface area contributed by atoms with Gasteiger partial charge in [-0.25, -0.2) is 8.42 Å². The van der Waals surface area contributed by atoms with Gasteiger partial charge >= 0.3 is 0 Å². The van der Waals surface area contributed by atoms with Crippen LogP contribution in [-0.2, 0) is 32.3 Å². The van der Waals surface area contributed by atoms with E-state index in [-0.39, 0.29) is 45.3 Å². The van der Waals surface area contributed by atoms with Crippen LogP contribution >= 0.6 is 0 Å². The van der Waals surface area contributed by atoms with E-state index in [1.54, 1.807) is 0 Å². The van der Waals surface area contributed by atoms with Crippen LogP contribution in [0.1, 0.15) is 11.1 Å². The molecule has 0 bridgehead atoms. The van der Waals surface area contributed by atoms with Gasteiger partial charge in [0.15, 0.2) is 0 Å². The first-order valence-corrected chi connectivity index (χ1v) is 8.14. The lowest BCUT2D eigenvalue weighted by molar-refractivity contribution is -0.108. The van der Waals surface area contributed by atoms with Crippen LogP contribution in [0.5, 0.6) is 11.5 Å². The first kappa shape index (κ1) is 16.7. The van der Waals surface area contributed by atoms with E-state index < -0.39 is 9.84 Å². The molecule has 0 saturated heterocycles. The highest BCUT2D eigenvalue weighted by atomic mass is 32.2. The normalized spacial score (nSPS) is 11.1. The summed E-state index contributed by atoms with van der Waals surface area (Å²) >= 11 is 0. The molecule has 0 aliphatic rings. The second-order valence-electron chi connectivity index (χ2n) is 4.83. The molecule has 2 N–H and O–H groups in total. The van der Waals surface area contributed by atoms with E-state index in [0.29, 0.717) is 12.6 Å². The summed E-state index contributed by atoms with van der Waals surface area (Å²) in [5.41, 5.74) is 0.315. The number of benzene rings is 2. The molecule has 0 radical (unpaired) electrons. The fourth-order valence-electron chi connectivity index (χ4n) is 2.27. The van der Waals surface area contributed by atoms with Crippen molar-refractivity contribution in [3.05, 3.63) is 47.5 Å². The molecule has 2 aromatic rings. The molecule has 0 unspecified atom stereocenters. The Morgan fingerprint density at radius 1 is 0.783 bits per heavy atom. The van der Waals surface area contributed by atoms with Crippen molar-refractivity contribution >= 4 is 22.4 Å². The Hall–Kier alpha value is -2.67. The summed E-state index contributed by atoms with van der Waals surface area (Å²) in [7, 11) is -4.02. The summed E-state index contributed by atoms with van der Waals surface area (Å²) in [6.45, 7) is 0. The number of rotatable bonds is 6. The zero-order chi connectivity index (χ0) is 17.0. The van der Waals surface area contributed by atoms with Gasteiger partial charge in [-0.2, -0.15) is 0 Å². The average molecular weight is 334 g/mol.